The highest BCUT2D eigenvalue weighted by atomic mass is 16.5. The number of carbonyl (C=O) groups is 2. The van der Waals surface area contributed by atoms with Gasteiger partial charge in [-0.1, -0.05) is 18.2 Å². The molecule has 0 saturated carbocycles. The maximum absolute atomic E-state index is 11.3. The third kappa shape index (κ3) is 5.34. The lowest BCUT2D eigenvalue weighted by Crippen LogP contribution is -2.30. The molecule has 0 aliphatic carbocycles. The first-order valence-corrected chi connectivity index (χ1v) is 5.73. The number of carbonyl (C=O) groups excluding carboxylic acids is 1. The second kappa shape index (κ2) is 7.32. The molecule has 5 heteroatoms. The lowest BCUT2D eigenvalue weighted by molar-refractivity contribution is -0.143. The summed E-state index contributed by atoms with van der Waals surface area (Å²) in [6.07, 6.45) is 0.201. The zero-order valence-corrected chi connectivity index (χ0v) is 10.3. The van der Waals surface area contributed by atoms with Crippen molar-refractivity contribution >= 4 is 11.9 Å². The molecular formula is C13H17NO4. The topological polar surface area (TPSA) is 66.8 Å². The minimum absolute atomic E-state index is 0.387. The van der Waals surface area contributed by atoms with Crippen LogP contribution in [-0.4, -0.2) is 42.1 Å². The van der Waals surface area contributed by atoms with Gasteiger partial charge in [-0.15, -0.1) is 0 Å². The molecule has 1 aromatic carbocycles. The van der Waals surface area contributed by atoms with Gasteiger partial charge < -0.3 is 14.7 Å². The standard InChI is InChI=1S/C13H17NO4/c1-14(12(15)10-13(16)17)8-5-9-18-11-6-3-2-4-7-11/h2-4,6-7H,5,8-10H2,1H3,(H,16,17). The number of rotatable bonds is 7. The van der Waals surface area contributed by atoms with Crippen molar-refractivity contribution in [1.82, 2.24) is 4.90 Å². The molecule has 1 aromatic rings. The minimum Gasteiger partial charge on any atom is -0.494 e. The van der Waals surface area contributed by atoms with Gasteiger partial charge in [0.05, 0.1) is 6.61 Å². The number of carboxylic acid groups (broad SMARTS) is 1. The predicted molar refractivity (Wildman–Crippen MR) is 66.4 cm³/mol. The zero-order chi connectivity index (χ0) is 13.4. The molecule has 98 valence electrons. The van der Waals surface area contributed by atoms with Crippen LogP contribution in [0.2, 0.25) is 0 Å². The Morgan fingerprint density at radius 3 is 2.56 bits per heavy atom. The van der Waals surface area contributed by atoms with Gasteiger partial charge in [0.2, 0.25) is 5.91 Å². The quantitative estimate of drug-likeness (QED) is 0.587. The molecule has 1 N–H and O–H groups in total. The first-order valence-electron chi connectivity index (χ1n) is 5.73. The molecule has 18 heavy (non-hydrogen) atoms. The molecule has 1 amide bonds. The minimum atomic E-state index is -1.10. The van der Waals surface area contributed by atoms with E-state index in [0.29, 0.717) is 19.6 Å². The number of para-hydroxylation sites is 1. The molecule has 0 spiro atoms. The van der Waals surface area contributed by atoms with Gasteiger partial charge in [0.25, 0.3) is 0 Å². The van der Waals surface area contributed by atoms with Crippen molar-refractivity contribution in [3.05, 3.63) is 30.3 Å². The molecule has 0 heterocycles. The fraction of sp³-hybridized carbons (Fsp3) is 0.385. The molecule has 5 nitrogen and oxygen atoms in total. The summed E-state index contributed by atoms with van der Waals surface area (Å²) in [6, 6.07) is 9.40. The summed E-state index contributed by atoms with van der Waals surface area (Å²) in [4.78, 5) is 23.1. The number of hydrogen-bond donors (Lipinski definition) is 1. The van der Waals surface area contributed by atoms with Gasteiger partial charge in [0.1, 0.15) is 12.2 Å². The Morgan fingerprint density at radius 1 is 1.28 bits per heavy atom. The first-order chi connectivity index (χ1) is 8.59. The largest absolute Gasteiger partial charge is 0.494 e. The number of nitrogens with zero attached hydrogens (tertiary/aromatic N) is 1. The SMILES string of the molecule is CN(CCCOc1ccccc1)C(=O)CC(=O)O. The Kier molecular flexibility index (Phi) is 5.70. The molecule has 0 bridgehead atoms. The van der Waals surface area contributed by atoms with E-state index < -0.39 is 12.4 Å². The van der Waals surface area contributed by atoms with Crippen molar-refractivity contribution in [2.75, 3.05) is 20.2 Å². The Morgan fingerprint density at radius 2 is 1.94 bits per heavy atom. The third-order valence-corrected chi connectivity index (χ3v) is 2.38. The van der Waals surface area contributed by atoms with Gasteiger partial charge >= 0.3 is 5.97 Å². The predicted octanol–water partition coefficient (Wildman–Crippen LogP) is 1.39. The highest BCUT2D eigenvalue weighted by molar-refractivity contribution is 5.93. The molecular weight excluding hydrogens is 234 g/mol. The van der Waals surface area contributed by atoms with Crippen LogP contribution in [0.25, 0.3) is 0 Å². The monoisotopic (exact) mass is 251 g/mol. The summed E-state index contributed by atoms with van der Waals surface area (Å²) in [6.45, 7) is 0.980. The van der Waals surface area contributed by atoms with E-state index >= 15 is 0 Å². The number of amides is 1. The van der Waals surface area contributed by atoms with E-state index in [4.69, 9.17) is 9.84 Å². The summed E-state index contributed by atoms with van der Waals surface area (Å²) in [5.41, 5.74) is 0. The lowest BCUT2D eigenvalue weighted by atomic mass is 10.3. The van der Waals surface area contributed by atoms with E-state index in [1.54, 1.807) is 7.05 Å². The average Bonchev–Trinajstić information content (AvgIpc) is 2.34. The summed E-state index contributed by atoms with van der Waals surface area (Å²) in [5, 5.41) is 8.48. The summed E-state index contributed by atoms with van der Waals surface area (Å²) in [5.74, 6) is -0.702. The van der Waals surface area contributed by atoms with Crippen LogP contribution in [-0.2, 0) is 9.59 Å². The third-order valence-electron chi connectivity index (χ3n) is 2.38. The summed E-state index contributed by atoms with van der Waals surface area (Å²) in [7, 11) is 1.59. The van der Waals surface area contributed by atoms with Crippen LogP contribution in [0, 0.1) is 0 Å². The Balaban J connectivity index is 2.18. The second-order valence-corrected chi connectivity index (χ2v) is 3.90. The first kappa shape index (κ1) is 14.0. The highest BCUT2D eigenvalue weighted by Gasteiger charge is 2.12. The van der Waals surface area contributed by atoms with Crippen LogP contribution in [0.5, 0.6) is 5.75 Å². The van der Waals surface area contributed by atoms with E-state index in [-0.39, 0.29) is 5.91 Å². The van der Waals surface area contributed by atoms with Gasteiger partial charge in [-0.2, -0.15) is 0 Å². The maximum Gasteiger partial charge on any atom is 0.312 e. The van der Waals surface area contributed by atoms with E-state index in [0.717, 1.165) is 5.75 Å². The van der Waals surface area contributed by atoms with Gasteiger partial charge in [-0.25, -0.2) is 0 Å². The van der Waals surface area contributed by atoms with Gasteiger partial charge in [-0.05, 0) is 18.6 Å². The fourth-order valence-electron chi connectivity index (χ4n) is 1.40. The summed E-state index contributed by atoms with van der Waals surface area (Å²) >= 11 is 0. The van der Waals surface area contributed by atoms with Gasteiger partial charge in [-0.3, -0.25) is 9.59 Å². The van der Waals surface area contributed by atoms with Crippen LogP contribution >= 0.6 is 0 Å². The smallest absolute Gasteiger partial charge is 0.312 e. The van der Waals surface area contributed by atoms with Crippen LogP contribution in [0.4, 0.5) is 0 Å². The molecule has 0 radical (unpaired) electrons. The second-order valence-electron chi connectivity index (χ2n) is 3.90. The van der Waals surface area contributed by atoms with Crippen molar-refractivity contribution in [1.29, 1.82) is 0 Å². The normalized spacial score (nSPS) is 9.83. The number of aliphatic carboxylic acids is 1. The van der Waals surface area contributed by atoms with E-state index in [2.05, 4.69) is 0 Å². The Bertz CT molecular complexity index is 391. The highest BCUT2D eigenvalue weighted by Crippen LogP contribution is 2.08. The van der Waals surface area contributed by atoms with Crippen LogP contribution in [0.3, 0.4) is 0 Å². The average molecular weight is 251 g/mol. The van der Waals surface area contributed by atoms with Crippen molar-refractivity contribution in [3.63, 3.8) is 0 Å². The van der Waals surface area contributed by atoms with Crippen molar-refractivity contribution in [2.24, 2.45) is 0 Å². The maximum atomic E-state index is 11.3. The molecule has 0 aliphatic heterocycles. The van der Waals surface area contributed by atoms with E-state index in [9.17, 15) is 9.59 Å². The molecule has 0 fully saturated rings. The number of ether oxygens (including phenoxy) is 1. The van der Waals surface area contributed by atoms with Gasteiger partial charge in [0.15, 0.2) is 0 Å². The van der Waals surface area contributed by atoms with Crippen molar-refractivity contribution < 1.29 is 19.4 Å². The number of carboxylic acids is 1. The van der Waals surface area contributed by atoms with E-state index in [1.807, 2.05) is 30.3 Å². The van der Waals surface area contributed by atoms with Crippen LogP contribution < -0.4 is 4.74 Å². The lowest BCUT2D eigenvalue weighted by Gasteiger charge is -2.16. The number of hydrogen-bond acceptors (Lipinski definition) is 3. The Hall–Kier alpha value is -2.04. The van der Waals surface area contributed by atoms with Crippen LogP contribution in [0.15, 0.2) is 30.3 Å². The molecule has 0 unspecified atom stereocenters. The zero-order valence-electron chi connectivity index (χ0n) is 10.3. The molecule has 0 saturated heterocycles. The summed E-state index contributed by atoms with van der Waals surface area (Å²) < 4.78 is 5.46. The molecule has 0 aromatic heterocycles. The fourth-order valence-corrected chi connectivity index (χ4v) is 1.40. The molecule has 0 aliphatic rings. The van der Waals surface area contributed by atoms with Crippen LogP contribution in [0.1, 0.15) is 12.8 Å². The van der Waals surface area contributed by atoms with Gasteiger partial charge in [0, 0.05) is 13.6 Å². The Labute approximate surface area is 106 Å². The molecule has 1 rings (SSSR count). The van der Waals surface area contributed by atoms with Crippen molar-refractivity contribution in [2.45, 2.75) is 12.8 Å². The van der Waals surface area contributed by atoms with E-state index in [1.165, 1.54) is 4.90 Å². The number of benzene rings is 1. The molecule has 0 atom stereocenters. The van der Waals surface area contributed by atoms with Crippen molar-refractivity contribution in [3.8, 4) is 5.75 Å².